The SMILES string of the molecule is CCCNCCCC(C)N(C)CC1CCN(C)C1. The lowest BCUT2D eigenvalue weighted by atomic mass is 10.1. The molecule has 0 aromatic heterocycles. The van der Waals surface area contributed by atoms with Gasteiger partial charge in [-0.05, 0) is 72.3 Å². The molecule has 18 heavy (non-hydrogen) atoms. The molecule has 1 saturated heterocycles. The molecule has 0 aliphatic carbocycles. The van der Waals surface area contributed by atoms with Crippen LogP contribution in [0.3, 0.4) is 0 Å². The zero-order chi connectivity index (χ0) is 13.4. The molecule has 0 aromatic rings. The average Bonchev–Trinajstić information content (AvgIpc) is 2.74. The van der Waals surface area contributed by atoms with E-state index >= 15 is 0 Å². The number of nitrogens with one attached hydrogen (secondary N) is 1. The van der Waals surface area contributed by atoms with Crippen LogP contribution in [0.15, 0.2) is 0 Å². The molecule has 0 aromatic carbocycles. The molecule has 1 aliphatic rings. The molecule has 2 atom stereocenters. The standard InChI is InChI=1S/C15H33N3/c1-5-9-16-10-6-7-14(2)18(4)13-15-8-11-17(3)12-15/h14-16H,5-13H2,1-4H3. The number of hydrogen-bond acceptors (Lipinski definition) is 3. The highest BCUT2D eigenvalue weighted by Crippen LogP contribution is 2.17. The van der Waals surface area contributed by atoms with E-state index in [1.54, 1.807) is 0 Å². The Morgan fingerprint density at radius 3 is 2.78 bits per heavy atom. The van der Waals surface area contributed by atoms with Gasteiger partial charge in [0.05, 0.1) is 0 Å². The highest BCUT2D eigenvalue weighted by atomic mass is 15.2. The number of hydrogen-bond donors (Lipinski definition) is 1. The Labute approximate surface area is 114 Å². The largest absolute Gasteiger partial charge is 0.317 e. The van der Waals surface area contributed by atoms with Gasteiger partial charge in [-0.1, -0.05) is 6.92 Å². The van der Waals surface area contributed by atoms with E-state index in [1.165, 1.54) is 58.4 Å². The summed E-state index contributed by atoms with van der Waals surface area (Å²) >= 11 is 0. The fraction of sp³-hybridized carbons (Fsp3) is 1.00. The van der Waals surface area contributed by atoms with Crippen molar-refractivity contribution in [3.05, 3.63) is 0 Å². The smallest absolute Gasteiger partial charge is 0.00644 e. The Morgan fingerprint density at radius 2 is 2.17 bits per heavy atom. The quantitative estimate of drug-likeness (QED) is 0.636. The first-order valence-electron chi connectivity index (χ1n) is 7.73. The Hall–Kier alpha value is -0.120. The third-order valence-electron chi connectivity index (χ3n) is 4.19. The highest BCUT2D eigenvalue weighted by Gasteiger charge is 2.22. The molecular weight excluding hydrogens is 222 g/mol. The van der Waals surface area contributed by atoms with Gasteiger partial charge in [-0.25, -0.2) is 0 Å². The fourth-order valence-electron chi connectivity index (χ4n) is 2.81. The molecule has 1 heterocycles. The minimum absolute atomic E-state index is 0.722. The highest BCUT2D eigenvalue weighted by molar-refractivity contribution is 4.77. The Balaban J connectivity index is 2.07. The van der Waals surface area contributed by atoms with Crippen molar-refractivity contribution in [3.8, 4) is 0 Å². The van der Waals surface area contributed by atoms with Gasteiger partial charge < -0.3 is 15.1 Å². The molecule has 1 fully saturated rings. The molecule has 1 rings (SSSR count). The van der Waals surface area contributed by atoms with E-state index in [4.69, 9.17) is 0 Å². The van der Waals surface area contributed by atoms with Gasteiger partial charge in [0.25, 0.3) is 0 Å². The first kappa shape index (κ1) is 15.9. The van der Waals surface area contributed by atoms with E-state index in [0.29, 0.717) is 0 Å². The van der Waals surface area contributed by atoms with Crippen molar-refractivity contribution in [2.75, 3.05) is 46.8 Å². The summed E-state index contributed by atoms with van der Waals surface area (Å²) < 4.78 is 0. The van der Waals surface area contributed by atoms with Crippen LogP contribution >= 0.6 is 0 Å². The fourth-order valence-corrected chi connectivity index (χ4v) is 2.81. The van der Waals surface area contributed by atoms with Crippen LogP contribution in [0.5, 0.6) is 0 Å². The normalized spacial score (nSPS) is 22.8. The Kier molecular flexibility index (Phi) is 7.87. The number of nitrogens with zero attached hydrogens (tertiary/aromatic N) is 2. The van der Waals surface area contributed by atoms with E-state index < -0.39 is 0 Å². The summed E-state index contributed by atoms with van der Waals surface area (Å²) in [6, 6.07) is 0.722. The summed E-state index contributed by atoms with van der Waals surface area (Å²) in [5.41, 5.74) is 0. The van der Waals surface area contributed by atoms with Crippen LogP contribution in [-0.2, 0) is 0 Å². The maximum atomic E-state index is 3.48. The van der Waals surface area contributed by atoms with Crippen molar-refractivity contribution in [2.24, 2.45) is 5.92 Å². The molecule has 3 heteroatoms. The first-order valence-corrected chi connectivity index (χ1v) is 7.73. The van der Waals surface area contributed by atoms with Gasteiger partial charge in [0, 0.05) is 19.1 Å². The lowest BCUT2D eigenvalue weighted by Crippen LogP contribution is -2.35. The Bertz CT molecular complexity index is 208. The van der Waals surface area contributed by atoms with Crippen molar-refractivity contribution < 1.29 is 0 Å². The van der Waals surface area contributed by atoms with Gasteiger partial charge in [0.2, 0.25) is 0 Å². The molecule has 3 nitrogen and oxygen atoms in total. The van der Waals surface area contributed by atoms with Gasteiger partial charge >= 0.3 is 0 Å². The van der Waals surface area contributed by atoms with Crippen LogP contribution in [0, 0.1) is 5.92 Å². The molecular formula is C15H33N3. The van der Waals surface area contributed by atoms with Crippen LogP contribution < -0.4 is 5.32 Å². The van der Waals surface area contributed by atoms with Gasteiger partial charge in [-0.3, -0.25) is 0 Å². The zero-order valence-corrected chi connectivity index (χ0v) is 12.9. The summed E-state index contributed by atoms with van der Waals surface area (Å²) in [7, 11) is 4.53. The third kappa shape index (κ3) is 6.17. The third-order valence-corrected chi connectivity index (χ3v) is 4.19. The first-order chi connectivity index (χ1) is 8.63. The molecule has 0 amide bonds. The van der Waals surface area contributed by atoms with Crippen molar-refractivity contribution in [3.63, 3.8) is 0 Å². The lowest BCUT2D eigenvalue weighted by Gasteiger charge is -2.27. The molecule has 0 spiro atoms. The summed E-state index contributed by atoms with van der Waals surface area (Å²) in [4.78, 5) is 5.02. The topological polar surface area (TPSA) is 18.5 Å². The van der Waals surface area contributed by atoms with Crippen molar-refractivity contribution in [2.45, 2.75) is 45.6 Å². The molecule has 0 bridgehead atoms. The van der Waals surface area contributed by atoms with Crippen molar-refractivity contribution in [1.29, 1.82) is 0 Å². The summed E-state index contributed by atoms with van der Waals surface area (Å²) in [6.45, 7) is 10.8. The van der Waals surface area contributed by atoms with Crippen LogP contribution in [-0.4, -0.2) is 62.7 Å². The van der Waals surface area contributed by atoms with E-state index in [2.05, 4.69) is 43.1 Å². The molecule has 108 valence electrons. The van der Waals surface area contributed by atoms with E-state index in [1.807, 2.05) is 0 Å². The second kappa shape index (κ2) is 8.89. The predicted octanol–water partition coefficient (Wildman–Crippen LogP) is 2.04. The molecule has 0 saturated carbocycles. The minimum atomic E-state index is 0.722. The zero-order valence-electron chi connectivity index (χ0n) is 12.9. The summed E-state index contributed by atoms with van der Waals surface area (Å²) in [5, 5.41) is 3.48. The van der Waals surface area contributed by atoms with Gasteiger partial charge in [-0.15, -0.1) is 0 Å². The van der Waals surface area contributed by atoms with E-state index in [9.17, 15) is 0 Å². The number of likely N-dealkylation sites (tertiary alicyclic amines) is 1. The van der Waals surface area contributed by atoms with Crippen LogP contribution in [0.2, 0.25) is 0 Å². The minimum Gasteiger partial charge on any atom is -0.317 e. The second-order valence-corrected chi connectivity index (χ2v) is 6.10. The van der Waals surface area contributed by atoms with Crippen LogP contribution in [0.25, 0.3) is 0 Å². The average molecular weight is 255 g/mol. The maximum Gasteiger partial charge on any atom is 0.00644 e. The Morgan fingerprint density at radius 1 is 1.39 bits per heavy atom. The van der Waals surface area contributed by atoms with Gasteiger partial charge in [0.15, 0.2) is 0 Å². The second-order valence-electron chi connectivity index (χ2n) is 6.10. The van der Waals surface area contributed by atoms with Gasteiger partial charge in [-0.2, -0.15) is 0 Å². The van der Waals surface area contributed by atoms with Gasteiger partial charge in [0.1, 0.15) is 0 Å². The maximum absolute atomic E-state index is 3.48. The predicted molar refractivity (Wildman–Crippen MR) is 80.1 cm³/mol. The van der Waals surface area contributed by atoms with E-state index in [-0.39, 0.29) is 0 Å². The summed E-state index contributed by atoms with van der Waals surface area (Å²) in [5.74, 6) is 0.890. The monoisotopic (exact) mass is 255 g/mol. The molecule has 0 radical (unpaired) electrons. The molecule has 1 aliphatic heterocycles. The summed E-state index contributed by atoms with van der Waals surface area (Å²) in [6.07, 6.45) is 5.24. The lowest BCUT2D eigenvalue weighted by molar-refractivity contribution is 0.207. The van der Waals surface area contributed by atoms with Crippen molar-refractivity contribution in [1.82, 2.24) is 15.1 Å². The van der Waals surface area contributed by atoms with Crippen LogP contribution in [0.1, 0.15) is 39.5 Å². The molecule has 2 unspecified atom stereocenters. The van der Waals surface area contributed by atoms with Crippen LogP contribution in [0.4, 0.5) is 0 Å². The van der Waals surface area contributed by atoms with Crippen molar-refractivity contribution >= 4 is 0 Å². The molecule has 1 N–H and O–H groups in total. The van der Waals surface area contributed by atoms with E-state index in [0.717, 1.165) is 12.0 Å². The number of rotatable bonds is 9.